The molecular weight excluding hydrogens is 560 g/mol. The zero-order valence-corrected chi connectivity index (χ0v) is 26.2. The zero-order valence-electron chi connectivity index (χ0n) is 26.2. The van der Waals surface area contributed by atoms with E-state index in [1.54, 1.807) is 13.0 Å². The van der Waals surface area contributed by atoms with Gasteiger partial charge in [0.2, 0.25) is 0 Å². The lowest BCUT2D eigenvalue weighted by Gasteiger charge is -2.61. The minimum absolute atomic E-state index is 0.0875. The van der Waals surface area contributed by atoms with Gasteiger partial charge in [-0.05, 0) is 75.0 Å². The van der Waals surface area contributed by atoms with E-state index in [0.29, 0.717) is 12.8 Å². The van der Waals surface area contributed by atoms with Gasteiger partial charge in [0.25, 0.3) is 0 Å². The first-order valence-corrected chi connectivity index (χ1v) is 15.6. The van der Waals surface area contributed by atoms with E-state index in [-0.39, 0.29) is 28.8 Å². The molecule has 0 aromatic heterocycles. The molecule has 11 nitrogen and oxygen atoms in total. The maximum absolute atomic E-state index is 11.1. The molecule has 4 fully saturated rings. The van der Waals surface area contributed by atoms with Crippen molar-refractivity contribution in [1.29, 1.82) is 0 Å². The second-order valence-corrected chi connectivity index (χ2v) is 14.4. The lowest BCUT2D eigenvalue weighted by molar-refractivity contribution is -0.375. The molecule has 4 aliphatic rings. The van der Waals surface area contributed by atoms with Crippen LogP contribution in [0.15, 0.2) is 24.8 Å². The molecule has 248 valence electrons. The van der Waals surface area contributed by atoms with Crippen molar-refractivity contribution < 1.29 is 54.7 Å². The van der Waals surface area contributed by atoms with Gasteiger partial charge >= 0.3 is 0 Å². The van der Waals surface area contributed by atoms with E-state index < -0.39 is 73.6 Å². The molecule has 2 heterocycles. The minimum atomic E-state index is -1.63. The molecule has 1 unspecified atom stereocenters. The van der Waals surface area contributed by atoms with E-state index in [2.05, 4.69) is 33.9 Å². The van der Waals surface area contributed by atoms with E-state index in [9.17, 15) is 35.7 Å². The minimum Gasteiger partial charge on any atom is -0.394 e. The average Bonchev–Trinajstić information content (AvgIpc) is 2.94. The van der Waals surface area contributed by atoms with Crippen LogP contribution in [0.5, 0.6) is 0 Å². The zero-order chi connectivity index (χ0) is 32.1. The van der Waals surface area contributed by atoms with Gasteiger partial charge in [-0.15, -0.1) is 6.58 Å². The second-order valence-electron chi connectivity index (χ2n) is 14.4. The fourth-order valence-corrected chi connectivity index (χ4v) is 8.22. The number of ether oxygens (including phenoxy) is 4. The molecule has 43 heavy (non-hydrogen) atoms. The van der Waals surface area contributed by atoms with Crippen LogP contribution in [0.25, 0.3) is 0 Å². The Morgan fingerprint density at radius 1 is 0.953 bits per heavy atom. The van der Waals surface area contributed by atoms with Gasteiger partial charge in [0, 0.05) is 0 Å². The molecule has 2 aliphatic carbocycles. The SMILES string of the molecule is C=C[C@](C)(O)CC[C@H]1C(=C)CC[C@H]2C(C)(C)C(O[C@@H]3O[C@H](CO)[C@@H](O)[C@H](O)[C@H]3O[C@@H]3O[C@@H](C)[C@H](O)[C@@H](O)[C@H]3O)CC[C@]12C. The van der Waals surface area contributed by atoms with Gasteiger partial charge < -0.3 is 54.7 Å². The van der Waals surface area contributed by atoms with Crippen molar-refractivity contribution in [2.45, 2.75) is 146 Å². The Labute approximate surface area is 255 Å². The van der Waals surface area contributed by atoms with Gasteiger partial charge in [-0.2, -0.15) is 0 Å². The molecule has 4 rings (SSSR count). The first-order valence-electron chi connectivity index (χ1n) is 15.6. The van der Waals surface area contributed by atoms with Crippen molar-refractivity contribution in [1.82, 2.24) is 0 Å². The lowest BCUT2D eigenvalue weighted by atomic mass is 9.46. The van der Waals surface area contributed by atoms with E-state index in [4.69, 9.17) is 18.9 Å². The normalized spacial score (nSPS) is 48.3. The third-order valence-electron chi connectivity index (χ3n) is 11.1. The van der Waals surface area contributed by atoms with Gasteiger partial charge in [-0.25, -0.2) is 0 Å². The van der Waals surface area contributed by atoms with Gasteiger partial charge in [0.1, 0.15) is 42.7 Å². The Morgan fingerprint density at radius 3 is 2.26 bits per heavy atom. The number of hydrogen-bond donors (Lipinski definition) is 7. The van der Waals surface area contributed by atoms with Gasteiger partial charge in [0.15, 0.2) is 12.6 Å². The summed E-state index contributed by atoms with van der Waals surface area (Å²) in [5, 5.41) is 73.2. The first kappa shape index (κ1) is 34.9. The highest BCUT2D eigenvalue weighted by molar-refractivity contribution is 5.17. The van der Waals surface area contributed by atoms with Crippen molar-refractivity contribution in [2.75, 3.05) is 6.61 Å². The van der Waals surface area contributed by atoms with Crippen LogP contribution in [-0.4, -0.2) is 115 Å². The standard InChI is InChI=1S/C32H54O11/c1-8-31(6,39)13-11-18-16(2)9-10-20-30(4,5)21(12-14-32(18,20)7)42-29-27(25(37)23(35)19(15-33)41-29)43-28-26(38)24(36)22(34)17(3)40-28/h8,17-29,33-39H,1-2,9-15H2,3-7H3/t17-,18-,19+,20-,21?,22-,23+,24+,25-,26+,27+,28-,29-,31-,32+/m0/s1. The maximum atomic E-state index is 11.1. The fraction of sp³-hybridized carbons (Fsp3) is 0.875. The summed E-state index contributed by atoms with van der Waals surface area (Å²) >= 11 is 0. The van der Waals surface area contributed by atoms with Crippen LogP contribution in [0.3, 0.4) is 0 Å². The molecule has 2 saturated heterocycles. The summed E-state index contributed by atoms with van der Waals surface area (Å²) in [7, 11) is 0. The highest BCUT2D eigenvalue weighted by Crippen LogP contribution is 2.62. The Hall–Kier alpha value is -0.960. The summed E-state index contributed by atoms with van der Waals surface area (Å²) in [6.07, 6.45) is -7.76. The Morgan fingerprint density at radius 2 is 1.63 bits per heavy atom. The van der Waals surface area contributed by atoms with E-state index in [1.165, 1.54) is 12.5 Å². The predicted octanol–water partition coefficient (Wildman–Crippen LogP) is 1.15. The van der Waals surface area contributed by atoms with Crippen LogP contribution >= 0.6 is 0 Å². The third-order valence-corrected chi connectivity index (χ3v) is 11.1. The number of fused-ring (bicyclic) bond motifs is 1. The number of hydrogen-bond acceptors (Lipinski definition) is 11. The maximum Gasteiger partial charge on any atom is 0.187 e. The molecule has 0 amide bonds. The molecule has 2 aliphatic heterocycles. The van der Waals surface area contributed by atoms with Crippen LogP contribution < -0.4 is 0 Å². The number of allylic oxidation sites excluding steroid dienone is 1. The Kier molecular flexibility index (Phi) is 10.6. The van der Waals surface area contributed by atoms with Crippen LogP contribution in [-0.2, 0) is 18.9 Å². The highest BCUT2D eigenvalue weighted by atomic mass is 16.8. The van der Waals surface area contributed by atoms with Crippen LogP contribution in [0.4, 0.5) is 0 Å². The number of rotatable bonds is 9. The molecule has 7 N–H and O–H groups in total. The quantitative estimate of drug-likeness (QED) is 0.146. The molecule has 0 aromatic rings. The molecule has 2 saturated carbocycles. The molecule has 0 aromatic carbocycles. The molecule has 11 heteroatoms. The number of aliphatic hydroxyl groups excluding tert-OH is 6. The lowest BCUT2D eigenvalue weighted by Crippen LogP contribution is -2.65. The van der Waals surface area contributed by atoms with Crippen LogP contribution in [0.1, 0.15) is 73.1 Å². The summed E-state index contributed by atoms with van der Waals surface area (Å²) in [6, 6.07) is 0. The van der Waals surface area contributed by atoms with Gasteiger partial charge in [0.05, 0.1) is 24.4 Å². The average molecular weight is 615 g/mol. The topological polar surface area (TPSA) is 179 Å². The van der Waals surface area contributed by atoms with Crippen molar-refractivity contribution in [3.63, 3.8) is 0 Å². The van der Waals surface area contributed by atoms with E-state index in [1.807, 2.05) is 0 Å². The highest BCUT2D eigenvalue weighted by Gasteiger charge is 2.58. The van der Waals surface area contributed by atoms with Crippen molar-refractivity contribution in [2.24, 2.45) is 22.7 Å². The van der Waals surface area contributed by atoms with E-state index in [0.717, 1.165) is 25.7 Å². The molecule has 15 atom stereocenters. The van der Waals surface area contributed by atoms with Crippen molar-refractivity contribution in [3.8, 4) is 0 Å². The fourth-order valence-electron chi connectivity index (χ4n) is 8.22. The smallest absolute Gasteiger partial charge is 0.187 e. The molecule has 0 bridgehead atoms. The second kappa shape index (κ2) is 13.0. The predicted molar refractivity (Wildman–Crippen MR) is 156 cm³/mol. The Balaban J connectivity index is 1.56. The molecule has 0 radical (unpaired) electrons. The van der Waals surface area contributed by atoms with E-state index >= 15 is 0 Å². The summed E-state index contributed by atoms with van der Waals surface area (Å²) in [6.45, 7) is 17.5. The largest absolute Gasteiger partial charge is 0.394 e. The van der Waals surface area contributed by atoms with Crippen LogP contribution in [0.2, 0.25) is 0 Å². The third kappa shape index (κ3) is 6.64. The Bertz CT molecular complexity index is 986. The van der Waals surface area contributed by atoms with Crippen LogP contribution in [0, 0.1) is 22.7 Å². The summed E-state index contributed by atoms with van der Waals surface area (Å²) < 4.78 is 24.1. The summed E-state index contributed by atoms with van der Waals surface area (Å²) in [5.41, 5.74) is -0.210. The van der Waals surface area contributed by atoms with Crippen molar-refractivity contribution in [3.05, 3.63) is 24.8 Å². The number of aliphatic hydroxyl groups is 7. The van der Waals surface area contributed by atoms with Crippen molar-refractivity contribution >= 4 is 0 Å². The monoisotopic (exact) mass is 614 g/mol. The molecular formula is C32H54O11. The van der Waals surface area contributed by atoms with Gasteiger partial charge in [-0.1, -0.05) is 39.0 Å². The summed E-state index contributed by atoms with van der Waals surface area (Å²) in [5.74, 6) is 0.445. The first-order chi connectivity index (χ1) is 20.0. The summed E-state index contributed by atoms with van der Waals surface area (Å²) in [4.78, 5) is 0. The van der Waals surface area contributed by atoms with Gasteiger partial charge in [-0.3, -0.25) is 0 Å². The molecule has 0 spiro atoms.